The van der Waals surface area contributed by atoms with Gasteiger partial charge in [0.05, 0.1) is 13.2 Å². The topological polar surface area (TPSA) is 88.4 Å². The van der Waals surface area contributed by atoms with Crippen molar-refractivity contribution < 1.29 is 29.5 Å². The quantitative estimate of drug-likeness (QED) is 0.599. The lowest BCUT2D eigenvalue weighted by Gasteiger charge is -2.40. The van der Waals surface area contributed by atoms with E-state index in [1.54, 1.807) is 0 Å². The van der Waals surface area contributed by atoms with Gasteiger partial charge in [0.2, 0.25) is 0 Å². The number of hydrogen-bond acceptors (Lipinski definition) is 6. The second-order valence-corrected chi connectivity index (χ2v) is 13.3. The van der Waals surface area contributed by atoms with Crippen LogP contribution in [-0.2, 0) is 20.8 Å². The van der Waals surface area contributed by atoms with Gasteiger partial charge in [0.1, 0.15) is 24.4 Å². The van der Waals surface area contributed by atoms with E-state index in [-0.39, 0.29) is 6.61 Å². The summed E-state index contributed by atoms with van der Waals surface area (Å²) in [5, 5.41) is 30.2. The summed E-state index contributed by atoms with van der Waals surface area (Å²) in [6.07, 6.45) is -5.53. The molecule has 6 nitrogen and oxygen atoms in total. The molecule has 7 heteroatoms. The molecule has 2 rings (SSSR count). The average Bonchev–Trinajstić information content (AvgIpc) is 2.56. The van der Waals surface area contributed by atoms with E-state index in [9.17, 15) is 15.3 Å². The Morgan fingerprint density at radius 1 is 1.00 bits per heavy atom. The Morgan fingerprint density at radius 2 is 1.68 bits per heavy atom. The van der Waals surface area contributed by atoms with Gasteiger partial charge in [-0.25, -0.2) is 0 Å². The zero-order valence-electron chi connectivity index (χ0n) is 15.2. The van der Waals surface area contributed by atoms with Crippen LogP contribution < -0.4 is 0 Å². The van der Waals surface area contributed by atoms with Crippen molar-refractivity contribution in [2.75, 3.05) is 13.2 Å². The van der Waals surface area contributed by atoms with Crippen molar-refractivity contribution >= 4 is 8.07 Å². The number of benzene rings is 1. The van der Waals surface area contributed by atoms with E-state index in [1.807, 2.05) is 30.3 Å². The largest absolute Gasteiger partial charge is 0.387 e. The number of aliphatic hydroxyl groups excluding tert-OH is 3. The summed E-state index contributed by atoms with van der Waals surface area (Å²) in [7, 11) is -1.27. The maximum atomic E-state index is 10.1. The smallest absolute Gasteiger partial charge is 0.186 e. The molecule has 0 aromatic heterocycles. The maximum absolute atomic E-state index is 10.1. The van der Waals surface area contributed by atoms with Crippen LogP contribution in [0, 0.1) is 0 Å². The first-order valence-electron chi connectivity index (χ1n) is 8.71. The third-order valence-electron chi connectivity index (χ3n) is 4.20. The Balaban J connectivity index is 1.84. The van der Waals surface area contributed by atoms with Gasteiger partial charge in [-0.2, -0.15) is 0 Å². The van der Waals surface area contributed by atoms with Gasteiger partial charge >= 0.3 is 0 Å². The van der Waals surface area contributed by atoms with E-state index >= 15 is 0 Å². The van der Waals surface area contributed by atoms with E-state index < -0.39 is 38.8 Å². The number of ether oxygens (including phenoxy) is 3. The van der Waals surface area contributed by atoms with Crippen LogP contribution in [0.2, 0.25) is 25.7 Å². The van der Waals surface area contributed by atoms with Crippen LogP contribution in [0.25, 0.3) is 0 Å². The molecule has 0 bridgehead atoms. The third-order valence-corrected chi connectivity index (χ3v) is 5.90. The molecule has 1 aromatic carbocycles. The van der Waals surface area contributed by atoms with E-state index in [2.05, 4.69) is 19.6 Å². The molecule has 142 valence electrons. The van der Waals surface area contributed by atoms with Gasteiger partial charge in [-0.1, -0.05) is 50.0 Å². The normalized spacial score (nSPS) is 30.4. The Bertz CT molecular complexity index is 506. The monoisotopic (exact) mass is 370 g/mol. The van der Waals surface area contributed by atoms with Crippen LogP contribution in [0.15, 0.2) is 30.3 Å². The summed E-state index contributed by atoms with van der Waals surface area (Å²) >= 11 is 0. The van der Waals surface area contributed by atoms with E-state index in [0.29, 0.717) is 13.2 Å². The molecule has 0 saturated carbocycles. The average molecular weight is 371 g/mol. The maximum Gasteiger partial charge on any atom is 0.186 e. The third kappa shape index (κ3) is 6.45. The fraction of sp³-hybridized carbons (Fsp3) is 0.667. The molecule has 5 atom stereocenters. The highest BCUT2D eigenvalue weighted by Crippen LogP contribution is 2.23. The van der Waals surface area contributed by atoms with Crippen molar-refractivity contribution in [2.24, 2.45) is 0 Å². The van der Waals surface area contributed by atoms with Gasteiger partial charge < -0.3 is 29.5 Å². The molecule has 0 unspecified atom stereocenters. The number of aliphatic hydroxyl groups is 3. The predicted molar refractivity (Wildman–Crippen MR) is 96.9 cm³/mol. The highest BCUT2D eigenvalue weighted by atomic mass is 28.3. The Kier molecular flexibility index (Phi) is 7.57. The lowest BCUT2D eigenvalue weighted by atomic mass is 9.99. The van der Waals surface area contributed by atoms with Gasteiger partial charge in [-0.15, -0.1) is 0 Å². The van der Waals surface area contributed by atoms with Crippen molar-refractivity contribution in [3.63, 3.8) is 0 Å². The molecule has 1 heterocycles. The molecular formula is C18H30O6Si. The van der Waals surface area contributed by atoms with Gasteiger partial charge in [0.25, 0.3) is 0 Å². The Morgan fingerprint density at radius 3 is 2.32 bits per heavy atom. The summed E-state index contributed by atoms with van der Waals surface area (Å²) in [5.74, 6) is 0. The van der Waals surface area contributed by atoms with Gasteiger partial charge in [0.15, 0.2) is 6.29 Å². The fourth-order valence-electron chi connectivity index (χ4n) is 2.54. The molecule has 0 radical (unpaired) electrons. The van der Waals surface area contributed by atoms with Crippen molar-refractivity contribution in [2.45, 2.75) is 63.0 Å². The minimum absolute atomic E-state index is 0.105. The zero-order chi connectivity index (χ0) is 18.4. The molecule has 1 saturated heterocycles. The molecule has 0 amide bonds. The highest BCUT2D eigenvalue weighted by molar-refractivity contribution is 6.76. The first-order valence-corrected chi connectivity index (χ1v) is 12.4. The summed E-state index contributed by atoms with van der Waals surface area (Å²) in [6, 6.07) is 10.6. The molecule has 3 N–H and O–H groups in total. The molecule has 1 aliphatic heterocycles. The molecular weight excluding hydrogens is 340 g/mol. The van der Waals surface area contributed by atoms with Gasteiger partial charge in [0, 0.05) is 14.7 Å². The minimum Gasteiger partial charge on any atom is -0.387 e. The zero-order valence-corrected chi connectivity index (χ0v) is 16.2. The molecule has 1 aliphatic rings. The molecule has 0 aliphatic carbocycles. The van der Waals surface area contributed by atoms with Gasteiger partial charge in [-0.05, 0) is 11.6 Å². The lowest BCUT2D eigenvalue weighted by Crippen LogP contribution is -2.59. The van der Waals surface area contributed by atoms with Crippen molar-refractivity contribution in [3.05, 3.63) is 35.9 Å². The predicted octanol–water partition coefficient (Wildman–Crippen LogP) is 1.37. The lowest BCUT2D eigenvalue weighted by molar-refractivity contribution is -0.302. The number of hydrogen-bond donors (Lipinski definition) is 3. The Labute approximate surface area is 150 Å². The van der Waals surface area contributed by atoms with Crippen LogP contribution in [0.3, 0.4) is 0 Å². The summed E-state index contributed by atoms with van der Waals surface area (Å²) in [5.41, 5.74) is 1.01. The standard InChI is InChI=1S/C18H30O6Si/c1-25(2,3)10-9-23-18-17(21)16(20)15(19)14(24-18)12-22-11-13-7-5-4-6-8-13/h4-8,14-21H,9-12H2,1-3H3/t14-,15+,16+,17-,18-/m1/s1. The van der Waals surface area contributed by atoms with Crippen LogP contribution in [0.4, 0.5) is 0 Å². The molecule has 1 fully saturated rings. The SMILES string of the molecule is C[Si](C)(C)CCO[C@@H]1O[C@H](COCc2ccccc2)[C@H](O)[C@H](O)[C@H]1O. The molecule has 0 spiro atoms. The van der Waals surface area contributed by atoms with E-state index in [1.165, 1.54) is 0 Å². The summed E-state index contributed by atoms with van der Waals surface area (Å²) < 4.78 is 16.9. The van der Waals surface area contributed by atoms with Crippen molar-refractivity contribution in [1.29, 1.82) is 0 Å². The highest BCUT2D eigenvalue weighted by Gasteiger charge is 2.44. The van der Waals surface area contributed by atoms with E-state index in [0.717, 1.165) is 11.6 Å². The van der Waals surface area contributed by atoms with Gasteiger partial charge in [-0.3, -0.25) is 0 Å². The van der Waals surface area contributed by atoms with Crippen LogP contribution >= 0.6 is 0 Å². The van der Waals surface area contributed by atoms with Crippen molar-refractivity contribution in [3.8, 4) is 0 Å². The second-order valence-electron chi connectivity index (χ2n) is 7.70. The fourth-order valence-corrected chi connectivity index (χ4v) is 3.27. The second kappa shape index (κ2) is 9.23. The summed E-state index contributed by atoms with van der Waals surface area (Å²) in [6.45, 7) is 7.63. The van der Waals surface area contributed by atoms with E-state index in [4.69, 9.17) is 14.2 Å². The minimum atomic E-state index is -1.32. The first-order chi connectivity index (χ1) is 11.8. The molecule has 25 heavy (non-hydrogen) atoms. The van der Waals surface area contributed by atoms with Crippen LogP contribution in [0.5, 0.6) is 0 Å². The van der Waals surface area contributed by atoms with Crippen LogP contribution in [0.1, 0.15) is 5.56 Å². The number of rotatable bonds is 8. The summed E-state index contributed by atoms with van der Waals surface area (Å²) in [4.78, 5) is 0. The Hall–Kier alpha value is -0.803. The molecule has 1 aromatic rings. The van der Waals surface area contributed by atoms with Crippen LogP contribution in [-0.4, -0.2) is 67.3 Å². The first kappa shape index (κ1) is 20.5. The van der Waals surface area contributed by atoms with Crippen molar-refractivity contribution in [1.82, 2.24) is 0 Å².